The van der Waals surface area contributed by atoms with Crippen LogP contribution in [0.25, 0.3) is 0 Å². The third-order valence-electron chi connectivity index (χ3n) is 3.97. The molecule has 0 aromatic carbocycles. The number of aromatic nitrogens is 2. The molecular formula is C15H25FN4. The van der Waals surface area contributed by atoms with Gasteiger partial charge in [-0.05, 0) is 24.2 Å². The zero-order valence-electron chi connectivity index (χ0n) is 12.9. The molecule has 5 heteroatoms. The minimum atomic E-state index is -0.332. The van der Waals surface area contributed by atoms with Crippen molar-refractivity contribution in [1.82, 2.24) is 9.97 Å². The molecule has 20 heavy (non-hydrogen) atoms. The van der Waals surface area contributed by atoms with Crippen molar-refractivity contribution in [2.24, 2.45) is 11.3 Å². The average Bonchev–Trinajstić information content (AvgIpc) is 2.87. The van der Waals surface area contributed by atoms with Gasteiger partial charge in [-0.25, -0.2) is 9.37 Å². The van der Waals surface area contributed by atoms with Crippen LogP contribution in [0.1, 0.15) is 40.5 Å². The summed E-state index contributed by atoms with van der Waals surface area (Å²) >= 11 is 0. The zero-order chi connectivity index (χ0) is 14.8. The summed E-state index contributed by atoms with van der Waals surface area (Å²) in [5.74, 6) is 1.19. The Hall–Kier alpha value is -1.39. The van der Waals surface area contributed by atoms with Crippen molar-refractivity contribution in [2.45, 2.75) is 40.5 Å². The highest BCUT2D eigenvalue weighted by atomic mass is 19.1. The molecule has 1 aliphatic rings. The van der Waals surface area contributed by atoms with Crippen molar-refractivity contribution in [1.29, 1.82) is 0 Å². The van der Waals surface area contributed by atoms with Gasteiger partial charge in [0.2, 0.25) is 5.95 Å². The molecule has 1 fully saturated rings. The lowest BCUT2D eigenvalue weighted by molar-refractivity contribution is 0.263. The van der Waals surface area contributed by atoms with Crippen LogP contribution in [0.15, 0.2) is 6.20 Å². The normalized spacial score (nSPS) is 19.4. The third-order valence-corrected chi connectivity index (χ3v) is 3.97. The first-order chi connectivity index (χ1) is 9.41. The van der Waals surface area contributed by atoms with E-state index in [9.17, 15) is 4.39 Å². The monoisotopic (exact) mass is 280 g/mol. The highest BCUT2D eigenvalue weighted by Gasteiger charge is 2.33. The molecule has 0 aliphatic carbocycles. The van der Waals surface area contributed by atoms with Crippen molar-refractivity contribution < 1.29 is 4.39 Å². The molecule has 4 nitrogen and oxygen atoms in total. The number of nitrogens with one attached hydrogen (secondary N) is 1. The first-order valence-electron chi connectivity index (χ1n) is 7.43. The minimum absolute atomic E-state index is 0.252. The maximum absolute atomic E-state index is 14.0. The Labute approximate surface area is 120 Å². The Balaban J connectivity index is 2.12. The number of rotatable bonds is 4. The molecule has 0 amide bonds. The quantitative estimate of drug-likeness (QED) is 0.918. The number of nitrogens with zero attached hydrogens (tertiary/aromatic N) is 3. The smallest absolute Gasteiger partial charge is 0.224 e. The first-order valence-corrected chi connectivity index (χ1v) is 7.43. The second-order valence-corrected chi connectivity index (χ2v) is 6.59. The van der Waals surface area contributed by atoms with Crippen molar-refractivity contribution in [3.05, 3.63) is 12.0 Å². The molecule has 1 atom stereocenters. The molecule has 0 radical (unpaired) electrons. The summed E-state index contributed by atoms with van der Waals surface area (Å²) in [6.45, 7) is 11.3. The summed E-state index contributed by atoms with van der Waals surface area (Å²) in [5, 5.41) is 3.11. The van der Waals surface area contributed by atoms with Crippen LogP contribution in [0.4, 0.5) is 16.2 Å². The lowest BCUT2D eigenvalue weighted by Crippen LogP contribution is -2.27. The molecule has 112 valence electrons. The summed E-state index contributed by atoms with van der Waals surface area (Å²) in [7, 11) is 0. The summed E-state index contributed by atoms with van der Waals surface area (Å²) in [6.07, 6.45) is 3.35. The number of halogens is 1. The molecule has 1 unspecified atom stereocenters. The number of anilines is 2. The highest BCUT2D eigenvalue weighted by molar-refractivity contribution is 5.45. The van der Waals surface area contributed by atoms with E-state index in [0.717, 1.165) is 32.5 Å². The van der Waals surface area contributed by atoms with Crippen molar-refractivity contribution in [3.8, 4) is 0 Å². The maximum atomic E-state index is 14.0. The van der Waals surface area contributed by atoms with Gasteiger partial charge in [0, 0.05) is 19.6 Å². The minimum Gasteiger partial charge on any atom is -0.354 e. The van der Waals surface area contributed by atoms with E-state index in [1.54, 1.807) is 0 Å². The first kappa shape index (κ1) is 15.0. The molecule has 1 aromatic heterocycles. The molecule has 1 aromatic rings. The highest BCUT2D eigenvalue weighted by Crippen LogP contribution is 2.35. The molecule has 0 saturated carbocycles. The summed E-state index contributed by atoms with van der Waals surface area (Å²) in [4.78, 5) is 10.4. The van der Waals surface area contributed by atoms with Gasteiger partial charge in [0.25, 0.3) is 0 Å². The van der Waals surface area contributed by atoms with E-state index in [4.69, 9.17) is 0 Å². The number of hydrogen-bond donors (Lipinski definition) is 1. The van der Waals surface area contributed by atoms with Gasteiger partial charge in [-0.3, -0.25) is 0 Å². The van der Waals surface area contributed by atoms with E-state index in [1.165, 1.54) is 6.20 Å². The number of hydrogen-bond acceptors (Lipinski definition) is 4. The fourth-order valence-corrected chi connectivity index (χ4v) is 2.56. The van der Waals surface area contributed by atoms with Crippen LogP contribution < -0.4 is 10.2 Å². The largest absolute Gasteiger partial charge is 0.354 e. The summed E-state index contributed by atoms with van der Waals surface area (Å²) in [6, 6.07) is 0. The van der Waals surface area contributed by atoms with Crippen LogP contribution in [-0.2, 0) is 0 Å². The van der Waals surface area contributed by atoms with Crippen molar-refractivity contribution in [3.63, 3.8) is 0 Å². The SMILES string of the molecule is CCCNc1ncc(F)c(N2CCC(C(C)(C)C)C2)n1. The third kappa shape index (κ3) is 3.38. The molecule has 1 aliphatic heterocycles. The van der Waals surface area contributed by atoms with Crippen LogP contribution in [0.2, 0.25) is 0 Å². The van der Waals surface area contributed by atoms with Crippen LogP contribution >= 0.6 is 0 Å². The van der Waals surface area contributed by atoms with E-state index in [1.807, 2.05) is 4.90 Å². The second-order valence-electron chi connectivity index (χ2n) is 6.59. The van der Waals surface area contributed by atoms with E-state index >= 15 is 0 Å². The lowest BCUT2D eigenvalue weighted by atomic mass is 9.80. The van der Waals surface area contributed by atoms with Gasteiger partial charge in [-0.15, -0.1) is 0 Å². The van der Waals surface area contributed by atoms with Crippen LogP contribution in [0, 0.1) is 17.2 Å². The Morgan fingerprint density at radius 3 is 2.80 bits per heavy atom. The van der Waals surface area contributed by atoms with Gasteiger partial charge in [0.1, 0.15) is 0 Å². The molecule has 0 bridgehead atoms. The second kappa shape index (κ2) is 5.94. The van der Waals surface area contributed by atoms with Crippen LogP contribution in [0.5, 0.6) is 0 Å². The van der Waals surface area contributed by atoms with Crippen LogP contribution in [-0.4, -0.2) is 29.6 Å². The molecule has 0 spiro atoms. The zero-order valence-corrected chi connectivity index (χ0v) is 12.9. The molecular weight excluding hydrogens is 255 g/mol. The molecule has 2 heterocycles. The van der Waals surface area contributed by atoms with Gasteiger partial charge in [-0.1, -0.05) is 27.7 Å². The van der Waals surface area contributed by atoms with Gasteiger partial charge >= 0.3 is 0 Å². The Kier molecular flexibility index (Phi) is 4.45. The van der Waals surface area contributed by atoms with Gasteiger partial charge in [0.05, 0.1) is 6.20 Å². The predicted octanol–water partition coefficient (Wildman–Crippen LogP) is 3.31. The molecule has 1 N–H and O–H groups in total. The fourth-order valence-electron chi connectivity index (χ4n) is 2.56. The van der Waals surface area contributed by atoms with E-state index in [0.29, 0.717) is 17.7 Å². The Morgan fingerprint density at radius 1 is 1.45 bits per heavy atom. The average molecular weight is 280 g/mol. The summed E-state index contributed by atoms with van der Waals surface area (Å²) < 4.78 is 14.0. The Bertz CT molecular complexity index is 456. The fraction of sp³-hybridized carbons (Fsp3) is 0.733. The lowest BCUT2D eigenvalue weighted by Gasteiger charge is -2.27. The van der Waals surface area contributed by atoms with Gasteiger partial charge < -0.3 is 10.2 Å². The van der Waals surface area contributed by atoms with E-state index in [-0.39, 0.29) is 11.2 Å². The van der Waals surface area contributed by atoms with E-state index < -0.39 is 0 Å². The summed E-state index contributed by atoms with van der Waals surface area (Å²) in [5.41, 5.74) is 0.252. The predicted molar refractivity (Wildman–Crippen MR) is 80.5 cm³/mol. The van der Waals surface area contributed by atoms with Gasteiger partial charge in [-0.2, -0.15) is 4.98 Å². The van der Waals surface area contributed by atoms with Gasteiger partial charge in [0.15, 0.2) is 11.6 Å². The molecule has 2 rings (SSSR count). The van der Waals surface area contributed by atoms with E-state index in [2.05, 4.69) is 43.0 Å². The topological polar surface area (TPSA) is 41.1 Å². The van der Waals surface area contributed by atoms with Crippen molar-refractivity contribution in [2.75, 3.05) is 29.9 Å². The molecule has 1 saturated heterocycles. The van der Waals surface area contributed by atoms with Crippen molar-refractivity contribution >= 4 is 11.8 Å². The standard InChI is InChI=1S/C15H25FN4/c1-5-7-17-14-18-9-12(16)13(19-14)20-8-6-11(10-20)15(2,3)4/h9,11H,5-8,10H2,1-4H3,(H,17,18,19). The Morgan fingerprint density at radius 2 is 2.20 bits per heavy atom. The maximum Gasteiger partial charge on any atom is 0.224 e. The van der Waals surface area contributed by atoms with Crippen LogP contribution in [0.3, 0.4) is 0 Å².